The van der Waals surface area contributed by atoms with Gasteiger partial charge in [-0.2, -0.15) is 0 Å². The van der Waals surface area contributed by atoms with E-state index in [-0.39, 0.29) is 23.3 Å². The third kappa shape index (κ3) is 3.58. The fourth-order valence-corrected chi connectivity index (χ4v) is 1.66. The van der Waals surface area contributed by atoms with Crippen LogP contribution in [0, 0.1) is 5.82 Å². The van der Waals surface area contributed by atoms with Crippen LogP contribution in [0.5, 0.6) is 0 Å². The van der Waals surface area contributed by atoms with Gasteiger partial charge in [0.15, 0.2) is 0 Å². The number of rotatable bonds is 4. The second kappa shape index (κ2) is 6.04. The van der Waals surface area contributed by atoms with Crippen LogP contribution in [0.15, 0.2) is 42.9 Å². The molecule has 1 aromatic heterocycles. The molecule has 2 rings (SSSR count). The van der Waals surface area contributed by atoms with Crippen molar-refractivity contribution >= 4 is 5.91 Å². The highest BCUT2D eigenvalue weighted by Gasteiger charge is 2.10. The van der Waals surface area contributed by atoms with E-state index in [9.17, 15) is 9.18 Å². The van der Waals surface area contributed by atoms with Crippen LogP contribution in [0.2, 0.25) is 0 Å². The van der Waals surface area contributed by atoms with Crippen molar-refractivity contribution in [2.45, 2.75) is 12.8 Å². The van der Waals surface area contributed by atoms with Crippen molar-refractivity contribution in [2.24, 2.45) is 0 Å². The fourth-order valence-electron chi connectivity index (χ4n) is 1.66. The van der Waals surface area contributed by atoms with E-state index in [1.807, 2.05) is 6.92 Å². The molecule has 0 saturated heterocycles. The third-order valence-electron chi connectivity index (χ3n) is 2.80. The number of hydrogen-bond acceptors (Lipinski definition) is 3. The quantitative estimate of drug-likeness (QED) is 0.915. The summed E-state index contributed by atoms with van der Waals surface area (Å²) in [5.74, 6) is -0.428. The maximum Gasteiger partial charge on any atom is 0.271 e. The van der Waals surface area contributed by atoms with E-state index >= 15 is 0 Å². The van der Waals surface area contributed by atoms with Gasteiger partial charge in [-0.15, -0.1) is 0 Å². The Morgan fingerprint density at radius 3 is 2.68 bits per heavy atom. The second-order valence-electron chi connectivity index (χ2n) is 4.25. The first kappa shape index (κ1) is 13.1. The Balaban J connectivity index is 1.92. The molecule has 1 unspecified atom stereocenters. The van der Waals surface area contributed by atoms with Gasteiger partial charge < -0.3 is 5.32 Å². The molecule has 1 heterocycles. The van der Waals surface area contributed by atoms with Crippen molar-refractivity contribution in [3.8, 4) is 0 Å². The molecule has 0 aliphatic heterocycles. The molecular formula is C14H14FN3O. The Kier molecular flexibility index (Phi) is 4.18. The summed E-state index contributed by atoms with van der Waals surface area (Å²) >= 11 is 0. The number of carbonyl (C=O) groups is 1. The molecule has 0 spiro atoms. The second-order valence-corrected chi connectivity index (χ2v) is 4.25. The van der Waals surface area contributed by atoms with Gasteiger partial charge >= 0.3 is 0 Å². The van der Waals surface area contributed by atoms with Gasteiger partial charge in [0.2, 0.25) is 0 Å². The van der Waals surface area contributed by atoms with Crippen LogP contribution in [0.1, 0.15) is 28.9 Å². The van der Waals surface area contributed by atoms with Gasteiger partial charge in [-0.05, 0) is 23.6 Å². The largest absolute Gasteiger partial charge is 0.350 e. The monoisotopic (exact) mass is 259 g/mol. The molecule has 0 bridgehead atoms. The zero-order valence-electron chi connectivity index (χ0n) is 10.5. The van der Waals surface area contributed by atoms with Crippen molar-refractivity contribution < 1.29 is 9.18 Å². The van der Waals surface area contributed by atoms with Gasteiger partial charge in [0.05, 0.1) is 6.20 Å². The minimum atomic E-state index is -0.264. The van der Waals surface area contributed by atoms with Crippen LogP contribution >= 0.6 is 0 Å². The normalized spacial score (nSPS) is 11.9. The van der Waals surface area contributed by atoms with Crippen molar-refractivity contribution in [3.63, 3.8) is 0 Å². The Morgan fingerprint density at radius 1 is 1.32 bits per heavy atom. The minimum absolute atomic E-state index is 0.0984. The van der Waals surface area contributed by atoms with Gasteiger partial charge in [0.1, 0.15) is 11.5 Å². The molecule has 1 atom stereocenters. The summed E-state index contributed by atoms with van der Waals surface area (Å²) in [7, 11) is 0. The first-order chi connectivity index (χ1) is 9.16. The summed E-state index contributed by atoms with van der Waals surface area (Å²) in [5, 5.41) is 2.78. The van der Waals surface area contributed by atoms with Crippen LogP contribution in [-0.4, -0.2) is 22.4 Å². The summed E-state index contributed by atoms with van der Waals surface area (Å²) in [4.78, 5) is 19.5. The molecule has 4 nitrogen and oxygen atoms in total. The average Bonchev–Trinajstić information content (AvgIpc) is 2.46. The highest BCUT2D eigenvalue weighted by molar-refractivity contribution is 5.91. The highest BCUT2D eigenvalue weighted by Crippen LogP contribution is 2.14. The van der Waals surface area contributed by atoms with Gasteiger partial charge in [0, 0.05) is 18.9 Å². The van der Waals surface area contributed by atoms with Crippen LogP contribution < -0.4 is 5.32 Å². The molecule has 1 N–H and O–H groups in total. The van der Waals surface area contributed by atoms with E-state index in [2.05, 4.69) is 15.3 Å². The zero-order chi connectivity index (χ0) is 13.7. The van der Waals surface area contributed by atoms with Crippen LogP contribution in [0.25, 0.3) is 0 Å². The van der Waals surface area contributed by atoms with Crippen molar-refractivity contribution in [2.75, 3.05) is 6.54 Å². The Hall–Kier alpha value is -2.30. The lowest BCUT2D eigenvalue weighted by molar-refractivity contribution is 0.0946. The molecule has 1 amide bonds. The lowest BCUT2D eigenvalue weighted by Crippen LogP contribution is -2.28. The van der Waals surface area contributed by atoms with E-state index < -0.39 is 0 Å². The summed E-state index contributed by atoms with van der Waals surface area (Å²) < 4.78 is 12.8. The number of hydrogen-bond donors (Lipinski definition) is 1. The maximum atomic E-state index is 12.8. The molecule has 19 heavy (non-hydrogen) atoms. The number of carbonyl (C=O) groups excluding carboxylic acids is 1. The van der Waals surface area contributed by atoms with Crippen LogP contribution in [-0.2, 0) is 0 Å². The van der Waals surface area contributed by atoms with E-state index in [0.29, 0.717) is 6.54 Å². The average molecular weight is 259 g/mol. The van der Waals surface area contributed by atoms with E-state index in [0.717, 1.165) is 5.56 Å². The van der Waals surface area contributed by atoms with Crippen molar-refractivity contribution in [3.05, 3.63) is 59.9 Å². The molecule has 1 aromatic carbocycles. The smallest absolute Gasteiger partial charge is 0.271 e. The number of aromatic nitrogens is 2. The van der Waals surface area contributed by atoms with Gasteiger partial charge in [0.25, 0.3) is 5.91 Å². The first-order valence-electron chi connectivity index (χ1n) is 5.96. The SMILES string of the molecule is CC(CNC(=O)c1cnccn1)c1ccc(F)cc1. The molecule has 0 fully saturated rings. The van der Waals surface area contributed by atoms with Crippen LogP contribution in [0.4, 0.5) is 4.39 Å². The number of nitrogens with one attached hydrogen (secondary N) is 1. The van der Waals surface area contributed by atoms with Gasteiger partial charge in [-0.25, -0.2) is 9.37 Å². The predicted octanol–water partition coefficient (Wildman–Crippen LogP) is 2.15. The zero-order valence-corrected chi connectivity index (χ0v) is 10.5. The Bertz CT molecular complexity index is 542. The minimum Gasteiger partial charge on any atom is -0.350 e. The molecule has 98 valence electrons. The molecule has 0 radical (unpaired) electrons. The number of halogens is 1. The number of nitrogens with zero attached hydrogens (tertiary/aromatic N) is 2. The van der Waals surface area contributed by atoms with Gasteiger partial charge in [-0.3, -0.25) is 9.78 Å². The fraction of sp³-hybridized carbons (Fsp3) is 0.214. The standard InChI is InChI=1S/C14H14FN3O/c1-10(11-2-4-12(15)5-3-11)8-18-14(19)13-9-16-6-7-17-13/h2-7,9-10H,8H2,1H3,(H,18,19). The van der Waals surface area contributed by atoms with E-state index in [1.54, 1.807) is 12.1 Å². The predicted molar refractivity (Wildman–Crippen MR) is 69.2 cm³/mol. The topological polar surface area (TPSA) is 54.9 Å². The lowest BCUT2D eigenvalue weighted by atomic mass is 10.0. The number of amides is 1. The van der Waals surface area contributed by atoms with Gasteiger partial charge in [-0.1, -0.05) is 19.1 Å². The summed E-state index contributed by atoms with van der Waals surface area (Å²) in [6.45, 7) is 2.42. The Labute approximate surface area is 110 Å². The lowest BCUT2D eigenvalue weighted by Gasteiger charge is -2.12. The first-order valence-corrected chi connectivity index (χ1v) is 5.96. The summed E-state index contributed by atoms with van der Waals surface area (Å²) in [5.41, 5.74) is 1.26. The molecule has 2 aromatic rings. The van der Waals surface area contributed by atoms with E-state index in [4.69, 9.17) is 0 Å². The molecule has 5 heteroatoms. The molecule has 0 saturated carbocycles. The summed E-state index contributed by atoms with van der Waals surface area (Å²) in [6, 6.07) is 6.26. The molecule has 0 aliphatic rings. The molecule has 0 aliphatic carbocycles. The highest BCUT2D eigenvalue weighted by atomic mass is 19.1. The van der Waals surface area contributed by atoms with Crippen molar-refractivity contribution in [1.82, 2.24) is 15.3 Å². The van der Waals surface area contributed by atoms with Crippen molar-refractivity contribution in [1.29, 1.82) is 0 Å². The summed E-state index contributed by atoms with van der Waals surface area (Å²) in [6.07, 6.45) is 4.40. The third-order valence-corrected chi connectivity index (χ3v) is 2.80. The number of benzene rings is 1. The Morgan fingerprint density at radius 2 is 2.05 bits per heavy atom. The van der Waals surface area contributed by atoms with Crippen LogP contribution in [0.3, 0.4) is 0 Å². The van der Waals surface area contributed by atoms with E-state index in [1.165, 1.54) is 30.7 Å². The maximum absolute atomic E-state index is 12.8. The molecular weight excluding hydrogens is 245 g/mol.